The number of hydrogen-bond acceptors (Lipinski definition) is 1. The summed E-state index contributed by atoms with van der Waals surface area (Å²) in [6, 6.07) is 0. The molecule has 1 nitrogen and oxygen atoms in total. The highest BCUT2D eigenvalue weighted by Crippen LogP contribution is 2.16. The normalized spacial score (nSPS) is 11.1. The van der Waals surface area contributed by atoms with Gasteiger partial charge in [-0.05, 0) is 19.3 Å². The van der Waals surface area contributed by atoms with Gasteiger partial charge >= 0.3 is 0 Å². The zero-order valence-electron chi connectivity index (χ0n) is 21.4. The number of carbonyl (C=O) groups excluding carboxylic acids is 1. The second kappa shape index (κ2) is 29.4. The number of unbranched alkanes of at least 4 members (excludes halogenated alkanes) is 26. The molecule has 31 heavy (non-hydrogen) atoms. The van der Waals surface area contributed by atoms with Gasteiger partial charge in [-0.25, -0.2) is 0 Å². The Kier molecular flexibility index (Phi) is 28.9. The molecule has 0 saturated carbocycles. The van der Waals surface area contributed by atoms with Crippen molar-refractivity contribution in [3.63, 3.8) is 0 Å². The Morgan fingerprint density at radius 2 is 0.516 bits per heavy atom. The van der Waals surface area contributed by atoms with Crippen LogP contribution in [0.25, 0.3) is 0 Å². The van der Waals surface area contributed by atoms with Crippen molar-refractivity contribution in [2.45, 2.75) is 173 Å². The van der Waals surface area contributed by atoms with Gasteiger partial charge in [0.2, 0.25) is 0 Å². The lowest BCUT2D eigenvalue weighted by Crippen LogP contribution is -1.85. The standard InChI is InChI=1S/C30H58O/c1-2-3-4-5-6-7-8-9-10-11-12-13-14-15-16-17-18-19-20-21-22-23-24-25-26-27-28-29-30-31/h2,30H,1,3-29H2. The summed E-state index contributed by atoms with van der Waals surface area (Å²) in [4.78, 5) is 10.2. The minimum absolute atomic E-state index is 0.761. The average Bonchev–Trinajstić information content (AvgIpc) is 2.78. The van der Waals surface area contributed by atoms with E-state index in [2.05, 4.69) is 6.58 Å². The summed E-state index contributed by atoms with van der Waals surface area (Å²) in [7, 11) is 0. The Hall–Kier alpha value is -0.590. The van der Waals surface area contributed by atoms with E-state index in [0.29, 0.717) is 0 Å². The predicted octanol–water partition coefficient (Wildman–Crippen LogP) is 10.9. The highest BCUT2D eigenvalue weighted by atomic mass is 16.1. The first-order chi connectivity index (χ1) is 15.4. The van der Waals surface area contributed by atoms with Crippen LogP contribution in [0.3, 0.4) is 0 Å². The van der Waals surface area contributed by atoms with Crippen LogP contribution in [0.15, 0.2) is 12.7 Å². The summed E-state index contributed by atoms with van der Waals surface area (Å²) in [5, 5.41) is 0. The number of carbonyl (C=O) groups is 1. The molecule has 0 amide bonds. The SMILES string of the molecule is C=CCCCCCCCCCCCCCCCCCCCCCCCCCCCC=O. The van der Waals surface area contributed by atoms with Gasteiger partial charge in [0.25, 0.3) is 0 Å². The summed E-state index contributed by atoms with van der Waals surface area (Å²) < 4.78 is 0. The van der Waals surface area contributed by atoms with Crippen molar-refractivity contribution in [1.82, 2.24) is 0 Å². The molecule has 0 atom stereocenters. The van der Waals surface area contributed by atoms with E-state index in [0.717, 1.165) is 19.1 Å². The van der Waals surface area contributed by atoms with Gasteiger partial charge in [0.1, 0.15) is 6.29 Å². The molecule has 0 aromatic carbocycles. The van der Waals surface area contributed by atoms with Gasteiger partial charge in [0, 0.05) is 6.42 Å². The smallest absolute Gasteiger partial charge is 0.119 e. The average molecular weight is 435 g/mol. The van der Waals surface area contributed by atoms with Gasteiger partial charge in [-0.1, -0.05) is 154 Å². The molecule has 184 valence electrons. The zero-order valence-corrected chi connectivity index (χ0v) is 21.4. The van der Waals surface area contributed by atoms with Gasteiger partial charge in [-0.3, -0.25) is 0 Å². The fourth-order valence-corrected chi connectivity index (χ4v) is 4.58. The van der Waals surface area contributed by atoms with E-state index in [-0.39, 0.29) is 0 Å². The molecule has 0 aliphatic heterocycles. The quantitative estimate of drug-likeness (QED) is 0.0679. The topological polar surface area (TPSA) is 17.1 Å². The van der Waals surface area contributed by atoms with Crippen LogP contribution in [0.4, 0.5) is 0 Å². The van der Waals surface area contributed by atoms with E-state index in [1.165, 1.54) is 161 Å². The van der Waals surface area contributed by atoms with Gasteiger partial charge < -0.3 is 4.79 Å². The van der Waals surface area contributed by atoms with Crippen LogP contribution in [0.5, 0.6) is 0 Å². The van der Waals surface area contributed by atoms with E-state index in [1.807, 2.05) is 6.08 Å². The fourth-order valence-electron chi connectivity index (χ4n) is 4.58. The van der Waals surface area contributed by atoms with Gasteiger partial charge in [-0.15, -0.1) is 6.58 Å². The third kappa shape index (κ3) is 29.4. The molecular weight excluding hydrogens is 376 g/mol. The molecule has 0 aliphatic rings. The van der Waals surface area contributed by atoms with Crippen molar-refractivity contribution >= 4 is 6.29 Å². The molecule has 0 aliphatic carbocycles. The number of hydrogen-bond donors (Lipinski definition) is 0. The second-order valence-corrected chi connectivity index (χ2v) is 9.87. The van der Waals surface area contributed by atoms with E-state index in [9.17, 15) is 4.79 Å². The Balaban J connectivity index is 2.99. The Morgan fingerprint density at radius 1 is 0.323 bits per heavy atom. The lowest BCUT2D eigenvalue weighted by Gasteiger charge is -2.04. The number of rotatable bonds is 28. The summed E-state index contributed by atoms with van der Waals surface area (Å²) in [6.07, 6.45) is 40.5. The van der Waals surface area contributed by atoms with Crippen LogP contribution in [0.1, 0.15) is 173 Å². The molecule has 0 aromatic rings. The third-order valence-corrected chi connectivity index (χ3v) is 6.73. The van der Waals surface area contributed by atoms with Crippen molar-refractivity contribution < 1.29 is 4.79 Å². The maximum absolute atomic E-state index is 10.2. The Bertz CT molecular complexity index is 303. The van der Waals surface area contributed by atoms with Gasteiger partial charge in [0.05, 0.1) is 0 Å². The van der Waals surface area contributed by atoms with Crippen molar-refractivity contribution in [3.8, 4) is 0 Å². The van der Waals surface area contributed by atoms with Crippen LogP contribution >= 0.6 is 0 Å². The van der Waals surface area contributed by atoms with Crippen molar-refractivity contribution in [3.05, 3.63) is 12.7 Å². The minimum atomic E-state index is 0.761. The number of aldehydes is 1. The maximum Gasteiger partial charge on any atom is 0.119 e. The molecule has 0 spiro atoms. The molecular formula is C30H58O. The molecule has 0 heterocycles. The first-order valence-electron chi connectivity index (χ1n) is 14.5. The van der Waals surface area contributed by atoms with E-state index in [1.54, 1.807) is 0 Å². The zero-order chi connectivity index (χ0) is 22.5. The van der Waals surface area contributed by atoms with Crippen LogP contribution in [0.2, 0.25) is 0 Å². The van der Waals surface area contributed by atoms with E-state index >= 15 is 0 Å². The highest BCUT2D eigenvalue weighted by molar-refractivity contribution is 5.48. The lowest BCUT2D eigenvalue weighted by atomic mass is 10.0. The Labute approximate surface area is 197 Å². The molecule has 0 fully saturated rings. The first-order valence-corrected chi connectivity index (χ1v) is 14.5. The van der Waals surface area contributed by atoms with Gasteiger partial charge in [-0.2, -0.15) is 0 Å². The summed E-state index contributed by atoms with van der Waals surface area (Å²) in [5.41, 5.74) is 0. The number of allylic oxidation sites excluding steroid dienone is 1. The first kappa shape index (κ1) is 30.4. The molecule has 0 bridgehead atoms. The summed E-state index contributed by atoms with van der Waals surface area (Å²) >= 11 is 0. The minimum Gasteiger partial charge on any atom is -0.303 e. The molecule has 0 rings (SSSR count). The largest absolute Gasteiger partial charge is 0.303 e. The van der Waals surface area contributed by atoms with Gasteiger partial charge in [0.15, 0.2) is 0 Å². The van der Waals surface area contributed by atoms with Crippen LogP contribution < -0.4 is 0 Å². The molecule has 0 N–H and O–H groups in total. The fraction of sp³-hybridized carbons (Fsp3) is 0.900. The van der Waals surface area contributed by atoms with Crippen molar-refractivity contribution in [1.29, 1.82) is 0 Å². The summed E-state index contributed by atoms with van der Waals surface area (Å²) in [5.74, 6) is 0. The molecule has 0 radical (unpaired) electrons. The predicted molar refractivity (Wildman–Crippen MR) is 141 cm³/mol. The van der Waals surface area contributed by atoms with Crippen LogP contribution in [0, 0.1) is 0 Å². The molecule has 0 unspecified atom stereocenters. The molecule has 0 saturated heterocycles. The third-order valence-electron chi connectivity index (χ3n) is 6.73. The summed E-state index contributed by atoms with van der Waals surface area (Å²) in [6.45, 7) is 3.79. The molecule has 1 heteroatoms. The maximum atomic E-state index is 10.2. The van der Waals surface area contributed by atoms with Crippen molar-refractivity contribution in [2.24, 2.45) is 0 Å². The lowest BCUT2D eigenvalue weighted by molar-refractivity contribution is -0.107. The van der Waals surface area contributed by atoms with Crippen molar-refractivity contribution in [2.75, 3.05) is 0 Å². The van der Waals surface area contributed by atoms with E-state index in [4.69, 9.17) is 0 Å². The van der Waals surface area contributed by atoms with E-state index < -0.39 is 0 Å². The highest BCUT2D eigenvalue weighted by Gasteiger charge is 1.96. The monoisotopic (exact) mass is 434 g/mol. The molecule has 0 aromatic heterocycles. The van der Waals surface area contributed by atoms with Crippen LogP contribution in [-0.4, -0.2) is 6.29 Å². The van der Waals surface area contributed by atoms with Crippen LogP contribution in [-0.2, 0) is 4.79 Å². The Morgan fingerprint density at radius 3 is 0.710 bits per heavy atom. The second-order valence-electron chi connectivity index (χ2n) is 9.87.